The maximum absolute atomic E-state index is 9.25. The SMILES string of the molecule is Oc1cccc(OCC2=CCNCC2)c1. The highest BCUT2D eigenvalue weighted by molar-refractivity contribution is 5.32. The van der Waals surface area contributed by atoms with E-state index in [9.17, 15) is 5.11 Å². The first-order chi connectivity index (χ1) is 7.34. The molecule has 2 rings (SSSR count). The third-order valence-corrected chi connectivity index (χ3v) is 2.40. The van der Waals surface area contributed by atoms with Gasteiger partial charge in [-0.2, -0.15) is 0 Å². The fourth-order valence-electron chi connectivity index (χ4n) is 1.55. The van der Waals surface area contributed by atoms with Crippen LogP contribution in [0.2, 0.25) is 0 Å². The highest BCUT2D eigenvalue weighted by atomic mass is 16.5. The maximum Gasteiger partial charge on any atom is 0.123 e. The zero-order valence-electron chi connectivity index (χ0n) is 8.57. The Bertz CT molecular complexity index is 360. The molecule has 0 atom stereocenters. The first-order valence-electron chi connectivity index (χ1n) is 5.15. The first kappa shape index (κ1) is 10.1. The minimum Gasteiger partial charge on any atom is -0.508 e. The average Bonchev–Trinajstić information content (AvgIpc) is 2.28. The molecule has 1 heterocycles. The summed E-state index contributed by atoms with van der Waals surface area (Å²) >= 11 is 0. The van der Waals surface area contributed by atoms with Crippen LogP contribution in [0.4, 0.5) is 0 Å². The molecule has 1 aliphatic rings. The summed E-state index contributed by atoms with van der Waals surface area (Å²) in [6.45, 7) is 2.57. The molecule has 0 radical (unpaired) electrons. The molecule has 0 saturated carbocycles. The molecule has 0 unspecified atom stereocenters. The van der Waals surface area contributed by atoms with E-state index >= 15 is 0 Å². The minimum absolute atomic E-state index is 0.242. The number of phenols is 1. The van der Waals surface area contributed by atoms with Crippen molar-refractivity contribution in [1.29, 1.82) is 0 Å². The van der Waals surface area contributed by atoms with E-state index in [-0.39, 0.29) is 5.75 Å². The van der Waals surface area contributed by atoms with Gasteiger partial charge in [0.15, 0.2) is 0 Å². The second-order valence-corrected chi connectivity index (χ2v) is 3.60. The minimum atomic E-state index is 0.242. The summed E-state index contributed by atoms with van der Waals surface area (Å²) < 4.78 is 5.57. The third-order valence-electron chi connectivity index (χ3n) is 2.40. The second-order valence-electron chi connectivity index (χ2n) is 3.60. The highest BCUT2D eigenvalue weighted by Gasteiger charge is 2.03. The summed E-state index contributed by atoms with van der Waals surface area (Å²) in [6, 6.07) is 6.89. The molecule has 0 spiro atoms. The van der Waals surface area contributed by atoms with Gasteiger partial charge in [0, 0.05) is 12.6 Å². The molecule has 0 saturated heterocycles. The smallest absolute Gasteiger partial charge is 0.123 e. The van der Waals surface area contributed by atoms with E-state index in [1.165, 1.54) is 5.57 Å². The van der Waals surface area contributed by atoms with Crippen molar-refractivity contribution in [2.24, 2.45) is 0 Å². The highest BCUT2D eigenvalue weighted by Crippen LogP contribution is 2.18. The fourth-order valence-corrected chi connectivity index (χ4v) is 1.55. The third kappa shape index (κ3) is 2.99. The van der Waals surface area contributed by atoms with Gasteiger partial charge in [0.2, 0.25) is 0 Å². The Morgan fingerprint density at radius 2 is 2.33 bits per heavy atom. The second kappa shape index (κ2) is 4.84. The van der Waals surface area contributed by atoms with Crippen LogP contribution in [0.1, 0.15) is 6.42 Å². The van der Waals surface area contributed by atoms with Gasteiger partial charge in [0.25, 0.3) is 0 Å². The molecule has 80 valence electrons. The van der Waals surface area contributed by atoms with Crippen LogP contribution in [-0.2, 0) is 0 Å². The van der Waals surface area contributed by atoms with Crippen LogP contribution in [0.3, 0.4) is 0 Å². The lowest BCUT2D eigenvalue weighted by Gasteiger charge is -2.14. The van der Waals surface area contributed by atoms with Gasteiger partial charge in [0.1, 0.15) is 18.1 Å². The van der Waals surface area contributed by atoms with Crippen molar-refractivity contribution in [3.05, 3.63) is 35.9 Å². The van der Waals surface area contributed by atoms with Crippen LogP contribution >= 0.6 is 0 Å². The van der Waals surface area contributed by atoms with Crippen molar-refractivity contribution in [2.75, 3.05) is 19.7 Å². The number of ether oxygens (including phenoxy) is 1. The van der Waals surface area contributed by atoms with Crippen LogP contribution in [-0.4, -0.2) is 24.8 Å². The summed E-state index contributed by atoms with van der Waals surface area (Å²) in [5, 5.41) is 12.5. The van der Waals surface area contributed by atoms with Gasteiger partial charge in [-0.15, -0.1) is 0 Å². The quantitative estimate of drug-likeness (QED) is 0.738. The van der Waals surface area contributed by atoms with Gasteiger partial charge in [-0.25, -0.2) is 0 Å². The average molecular weight is 205 g/mol. The molecule has 3 nitrogen and oxygen atoms in total. The van der Waals surface area contributed by atoms with Crippen LogP contribution in [0.15, 0.2) is 35.9 Å². The molecule has 1 aromatic rings. The van der Waals surface area contributed by atoms with Crippen molar-refractivity contribution in [3.63, 3.8) is 0 Å². The Hall–Kier alpha value is -1.48. The molecule has 0 amide bonds. The molecular weight excluding hydrogens is 190 g/mol. The molecule has 0 aliphatic carbocycles. The number of hydrogen-bond acceptors (Lipinski definition) is 3. The Morgan fingerprint density at radius 1 is 1.40 bits per heavy atom. The molecule has 2 N–H and O–H groups in total. The lowest BCUT2D eigenvalue weighted by molar-refractivity contribution is 0.342. The van der Waals surface area contributed by atoms with Gasteiger partial charge in [0.05, 0.1) is 0 Å². The zero-order chi connectivity index (χ0) is 10.5. The molecule has 0 aromatic heterocycles. The van der Waals surface area contributed by atoms with Crippen molar-refractivity contribution in [3.8, 4) is 11.5 Å². The van der Waals surface area contributed by atoms with Crippen LogP contribution in [0.5, 0.6) is 11.5 Å². The molecule has 1 aliphatic heterocycles. The monoisotopic (exact) mass is 205 g/mol. The number of hydrogen-bond donors (Lipinski definition) is 2. The predicted octanol–water partition coefficient (Wildman–Crippen LogP) is 1.69. The van der Waals surface area contributed by atoms with Crippen molar-refractivity contribution >= 4 is 0 Å². The van der Waals surface area contributed by atoms with E-state index in [1.54, 1.807) is 18.2 Å². The standard InChI is InChI=1S/C12H15NO2/c14-11-2-1-3-12(8-11)15-9-10-4-6-13-7-5-10/h1-4,8,13-14H,5-7,9H2. The number of aromatic hydroxyl groups is 1. The Kier molecular flexibility index (Phi) is 3.25. The fraction of sp³-hybridized carbons (Fsp3) is 0.333. The lowest BCUT2D eigenvalue weighted by atomic mass is 10.1. The van der Waals surface area contributed by atoms with Crippen molar-refractivity contribution in [1.82, 2.24) is 5.32 Å². The van der Waals surface area contributed by atoms with Gasteiger partial charge < -0.3 is 15.2 Å². The molecule has 0 bridgehead atoms. The van der Waals surface area contributed by atoms with E-state index in [1.807, 2.05) is 6.07 Å². The predicted molar refractivity (Wildman–Crippen MR) is 59.2 cm³/mol. The molecule has 3 heteroatoms. The summed E-state index contributed by atoms with van der Waals surface area (Å²) in [4.78, 5) is 0. The number of phenolic OH excluding ortho intramolecular Hbond substituents is 1. The van der Waals surface area contributed by atoms with Gasteiger partial charge in [-0.1, -0.05) is 12.1 Å². The number of rotatable bonds is 3. The zero-order valence-corrected chi connectivity index (χ0v) is 8.57. The summed E-state index contributed by atoms with van der Waals surface area (Å²) in [5.41, 5.74) is 1.32. The number of benzene rings is 1. The normalized spacial score (nSPS) is 15.9. The first-order valence-corrected chi connectivity index (χ1v) is 5.15. The van der Waals surface area contributed by atoms with Gasteiger partial charge in [-0.05, 0) is 30.7 Å². The van der Waals surface area contributed by atoms with Crippen molar-refractivity contribution < 1.29 is 9.84 Å². The van der Waals surface area contributed by atoms with Gasteiger partial charge in [-0.3, -0.25) is 0 Å². The summed E-state index contributed by atoms with van der Waals surface area (Å²) in [7, 11) is 0. The summed E-state index contributed by atoms with van der Waals surface area (Å²) in [5.74, 6) is 0.959. The Morgan fingerprint density at radius 3 is 3.07 bits per heavy atom. The van der Waals surface area contributed by atoms with E-state index in [2.05, 4.69) is 11.4 Å². The lowest BCUT2D eigenvalue weighted by Crippen LogP contribution is -2.22. The Balaban J connectivity index is 1.90. The van der Waals surface area contributed by atoms with E-state index in [0.717, 1.165) is 25.3 Å². The molecule has 0 fully saturated rings. The van der Waals surface area contributed by atoms with E-state index in [4.69, 9.17) is 4.74 Å². The largest absolute Gasteiger partial charge is 0.508 e. The summed E-state index contributed by atoms with van der Waals surface area (Å²) in [6.07, 6.45) is 3.20. The van der Waals surface area contributed by atoms with Crippen LogP contribution in [0.25, 0.3) is 0 Å². The van der Waals surface area contributed by atoms with Gasteiger partial charge >= 0.3 is 0 Å². The topological polar surface area (TPSA) is 41.5 Å². The molecule has 15 heavy (non-hydrogen) atoms. The van der Waals surface area contributed by atoms with E-state index < -0.39 is 0 Å². The van der Waals surface area contributed by atoms with Crippen molar-refractivity contribution in [2.45, 2.75) is 6.42 Å². The van der Waals surface area contributed by atoms with E-state index in [0.29, 0.717) is 6.61 Å². The Labute approximate surface area is 89.4 Å². The van der Waals surface area contributed by atoms with Crippen LogP contribution < -0.4 is 10.1 Å². The maximum atomic E-state index is 9.25. The molecule has 1 aromatic carbocycles. The number of nitrogens with one attached hydrogen (secondary N) is 1. The molecular formula is C12H15NO2. The van der Waals surface area contributed by atoms with Crippen LogP contribution in [0, 0.1) is 0 Å².